The van der Waals surface area contributed by atoms with Crippen molar-refractivity contribution in [1.82, 2.24) is 0 Å². The van der Waals surface area contributed by atoms with Crippen molar-refractivity contribution in [3.63, 3.8) is 0 Å². The molecular weight excluding hydrogens is 158 g/mol. The van der Waals surface area contributed by atoms with Crippen LogP contribution in [0.5, 0.6) is 0 Å². The van der Waals surface area contributed by atoms with Crippen molar-refractivity contribution in [3.8, 4) is 6.07 Å². The SMILES string of the molecule is Cc1csc(C(=O)CC#N)c1. The Morgan fingerprint density at radius 1 is 1.82 bits per heavy atom. The molecule has 0 atom stereocenters. The zero-order chi connectivity index (χ0) is 8.27. The van der Waals surface area contributed by atoms with E-state index in [0.717, 1.165) is 5.56 Å². The topological polar surface area (TPSA) is 40.9 Å². The van der Waals surface area contributed by atoms with Crippen molar-refractivity contribution in [2.75, 3.05) is 0 Å². The summed E-state index contributed by atoms with van der Waals surface area (Å²) in [5, 5.41) is 10.1. The van der Waals surface area contributed by atoms with Gasteiger partial charge in [-0.3, -0.25) is 4.79 Å². The second-order valence-corrected chi connectivity index (χ2v) is 3.16. The molecule has 0 bridgehead atoms. The van der Waals surface area contributed by atoms with E-state index in [1.165, 1.54) is 11.3 Å². The number of Topliss-reactive ketones (excluding diaryl/α,β-unsaturated/α-hetero) is 1. The van der Waals surface area contributed by atoms with E-state index < -0.39 is 0 Å². The number of carbonyl (C=O) groups is 1. The number of ketones is 1. The van der Waals surface area contributed by atoms with Gasteiger partial charge in [-0.25, -0.2) is 0 Å². The molecule has 0 aliphatic rings. The molecule has 0 aliphatic carbocycles. The number of thiophene rings is 1. The van der Waals surface area contributed by atoms with Gasteiger partial charge in [0.2, 0.25) is 0 Å². The Kier molecular flexibility index (Phi) is 2.40. The van der Waals surface area contributed by atoms with E-state index >= 15 is 0 Å². The number of aryl methyl sites for hydroxylation is 1. The fraction of sp³-hybridized carbons (Fsp3) is 0.250. The summed E-state index contributed by atoms with van der Waals surface area (Å²) in [4.78, 5) is 11.7. The molecule has 0 saturated heterocycles. The predicted molar refractivity (Wildman–Crippen MR) is 43.6 cm³/mol. The van der Waals surface area contributed by atoms with Crippen LogP contribution in [0.3, 0.4) is 0 Å². The van der Waals surface area contributed by atoms with E-state index in [1.54, 1.807) is 0 Å². The van der Waals surface area contributed by atoms with Crippen molar-refractivity contribution in [3.05, 3.63) is 21.9 Å². The van der Waals surface area contributed by atoms with Crippen LogP contribution in [0.4, 0.5) is 0 Å². The molecule has 0 amide bonds. The van der Waals surface area contributed by atoms with Crippen molar-refractivity contribution >= 4 is 17.1 Å². The molecule has 1 aromatic rings. The van der Waals surface area contributed by atoms with Crippen LogP contribution in [0.25, 0.3) is 0 Å². The highest BCUT2D eigenvalue weighted by Crippen LogP contribution is 2.14. The third-order valence-corrected chi connectivity index (χ3v) is 2.33. The zero-order valence-corrected chi connectivity index (χ0v) is 6.94. The second kappa shape index (κ2) is 3.31. The Hall–Kier alpha value is -1.14. The fourth-order valence-corrected chi connectivity index (χ4v) is 1.57. The Morgan fingerprint density at radius 2 is 2.55 bits per heavy atom. The highest BCUT2D eigenvalue weighted by Gasteiger charge is 2.05. The van der Waals surface area contributed by atoms with Gasteiger partial charge in [-0.1, -0.05) is 0 Å². The van der Waals surface area contributed by atoms with Gasteiger partial charge in [0.25, 0.3) is 0 Å². The monoisotopic (exact) mass is 165 g/mol. The molecule has 0 N–H and O–H groups in total. The molecule has 0 fully saturated rings. The average Bonchev–Trinajstić information content (AvgIpc) is 2.36. The quantitative estimate of drug-likeness (QED) is 0.630. The van der Waals surface area contributed by atoms with Gasteiger partial charge in [0.15, 0.2) is 5.78 Å². The van der Waals surface area contributed by atoms with E-state index in [9.17, 15) is 4.79 Å². The molecule has 1 heterocycles. The van der Waals surface area contributed by atoms with Gasteiger partial charge in [0.1, 0.15) is 0 Å². The standard InChI is InChI=1S/C8H7NOS/c1-6-4-8(11-5-6)7(10)2-3-9/h4-5H,2H2,1H3. The first-order valence-corrected chi connectivity index (χ1v) is 4.07. The second-order valence-electron chi connectivity index (χ2n) is 2.25. The lowest BCUT2D eigenvalue weighted by molar-refractivity contribution is 0.100. The minimum absolute atomic E-state index is 0.0139. The molecule has 0 aromatic carbocycles. The van der Waals surface area contributed by atoms with Crippen LogP contribution in [0.1, 0.15) is 21.7 Å². The first-order chi connectivity index (χ1) is 5.24. The molecule has 0 aliphatic heterocycles. The number of rotatable bonds is 2. The number of nitriles is 1. The number of hydrogen-bond donors (Lipinski definition) is 0. The van der Waals surface area contributed by atoms with E-state index in [0.29, 0.717) is 4.88 Å². The summed E-state index contributed by atoms with van der Waals surface area (Å²) in [6.07, 6.45) is -0.0139. The number of nitrogens with zero attached hydrogens (tertiary/aromatic N) is 1. The molecule has 0 saturated carbocycles. The first kappa shape index (κ1) is 7.96. The van der Waals surface area contributed by atoms with Crippen LogP contribution in [0.15, 0.2) is 11.4 Å². The summed E-state index contributed by atoms with van der Waals surface area (Å²) < 4.78 is 0. The number of carbonyl (C=O) groups excluding carboxylic acids is 1. The lowest BCUT2D eigenvalue weighted by Crippen LogP contribution is -1.92. The maximum absolute atomic E-state index is 11.0. The van der Waals surface area contributed by atoms with Gasteiger partial charge in [-0.15, -0.1) is 11.3 Å². The van der Waals surface area contributed by atoms with Gasteiger partial charge < -0.3 is 0 Å². The van der Waals surface area contributed by atoms with Crippen LogP contribution in [-0.2, 0) is 0 Å². The van der Waals surface area contributed by atoms with E-state index in [-0.39, 0.29) is 12.2 Å². The lowest BCUT2D eigenvalue weighted by Gasteiger charge is -1.85. The van der Waals surface area contributed by atoms with E-state index in [4.69, 9.17) is 5.26 Å². The lowest BCUT2D eigenvalue weighted by atomic mass is 10.2. The Labute approximate surface area is 69.1 Å². The molecule has 1 aromatic heterocycles. The summed E-state index contributed by atoms with van der Waals surface area (Å²) in [6, 6.07) is 3.64. The molecule has 3 heteroatoms. The first-order valence-electron chi connectivity index (χ1n) is 3.19. The number of hydrogen-bond acceptors (Lipinski definition) is 3. The van der Waals surface area contributed by atoms with Gasteiger partial charge in [-0.2, -0.15) is 5.26 Å². The summed E-state index contributed by atoms with van der Waals surface area (Å²) in [7, 11) is 0. The van der Waals surface area contributed by atoms with E-state index in [1.807, 2.05) is 24.4 Å². The summed E-state index contributed by atoms with van der Waals surface area (Å²) >= 11 is 1.40. The molecule has 56 valence electrons. The summed E-state index contributed by atoms with van der Waals surface area (Å²) in [6.45, 7) is 1.93. The molecule has 11 heavy (non-hydrogen) atoms. The van der Waals surface area contributed by atoms with Crippen molar-refractivity contribution in [2.45, 2.75) is 13.3 Å². The molecular formula is C8H7NOS. The van der Waals surface area contributed by atoms with Crippen molar-refractivity contribution in [1.29, 1.82) is 5.26 Å². The maximum Gasteiger partial charge on any atom is 0.186 e. The fourth-order valence-electron chi connectivity index (χ4n) is 0.736. The average molecular weight is 165 g/mol. The van der Waals surface area contributed by atoms with Crippen LogP contribution in [-0.4, -0.2) is 5.78 Å². The van der Waals surface area contributed by atoms with Gasteiger partial charge in [-0.05, 0) is 23.9 Å². The van der Waals surface area contributed by atoms with Crippen LogP contribution in [0.2, 0.25) is 0 Å². The molecule has 2 nitrogen and oxygen atoms in total. The minimum Gasteiger partial charge on any atom is -0.292 e. The Bertz CT molecular complexity index is 308. The predicted octanol–water partition coefficient (Wildman–Crippen LogP) is 2.15. The normalized spacial score (nSPS) is 9.09. The minimum atomic E-state index is -0.0781. The largest absolute Gasteiger partial charge is 0.292 e. The zero-order valence-electron chi connectivity index (χ0n) is 6.13. The van der Waals surface area contributed by atoms with Crippen molar-refractivity contribution in [2.24, 2.45) is 0 Å². The summed E-state index contributed by atoms with van der Waals surface area (Å²) in [5.41, 5.74) is 1.08. The van der Waals surface area contributed by atoms with Crippen LogP contribution in [0, 0.1) is 18.3 Å². The smallest absolute Gasteiger partial charge is 0.186 e. The van der Waals surface area contributed by atoms with Crippen LogP contribution >= 0.6 is 11.3 Å². The van der Waals surface area contributed by atoms with Gasteiger partial charge in [0.05, 0.1) is 17.4 Å². The van der Waals surface area contributed by atoms with E-state index in [2.05, 4.69) is 0 Å². The van der Waals surface area contributed by atoms with Gasteiger partial charge >= 0.3 is 0 Å². The molecule has 0 spiro atoms. The highest BCUT2D eigenvalue weighted by molar-refractivity contribution is 7.12. The van der Waals surface area contributed by atoms with Crippen LogP contribution < -0.4 is 0 Å². The van der Waals surface area contributed by atoms with Gasteiger partial charge in [0, 0.05) is 0 Å². The third-order valence-electron chi connectivity index (χ3n) is 1.24. The Morgan fingerprint density at radius 3 is 3.00 bits per heavy atom. The Balaban J connectivity index is 2.78. The molecule has 0 unspecified atom stereocenters. The molecule has 0 radical (unpaired) electrons. The maximum atomic E-state index is 11.0. The van der Waals surface area contributed by atoms with Crippen molar-refractivity contribution < 1.29 is 4.79 Å². The highest BCUT2D eigenvalue weighted by atomic mass is 32.1. The molecule has 1 rings (SSSR count). The summed E-state index contributed by atoms with van der Waals surface area (Å²) in [5.74, 6) is -0.0781. The third kappa shape index (κ3) is 1.89.